The molecule has 0 radical (unpaired) electrons. The van der Waals surface area contributed by atoms with Gasteiger partial charge in [-0.2, -0.15) is 0 Å². The van der Waals surface area contributed by atoms with Crippen LogP contribution >= 0.6 is 0 Å². The molecule has 2 aromatic carbocycles. The number of carbonyl (C=O) groups is 1. The fraction of sp³-hybridized carbons (Fsp3) is 0.409. The third-order valence-electron chi connectivity index (χ3n) is 6.02. The smallest absolute Gasteiger partial charge is 0.269 e. The number of ketones is 1. The van der Waals surface area contributed by atoms with Crippen LogP contribution in [0.25, 0.3) is 0 Å². The molecule has 4 rings (SSSR count). The van der Waals surface area contributed by atoms with E-state index in [0.29, 0.717) is 17.0 Å². The number of anilines is 1. The van der Waals surface area contributed by atoms with Gasteiger partial charge in [0.25, 0.3) is 5.69 Å². The topological polar surface area (TPSA) is 119 Å². The second-order valence-corrected chi connectivity index (χ2v) is 10.2. The number of nitrogens with zero attached hydrogens (tertiary/aromatic N) is 2. The Balaban J connectivity index is 1.35. The van der Waals surface area contributed by atoms with Gasteiger partial charge in [-0.15, -0.1) is 0 Å². The predicted octanol–water partition coefficient (Wildman–Crippen LogP) is 3.01. The van der Waals surface area contributed by atoms with Gasteiger partial charge >= 0.3 is 0 Å². The first-order valence-electron chi connectivity index (χ1n) is 10.4. The van der Waals surface area contributed by atoms with Gasteiger partial charge in [-0.1, -0.05) is 12.1 Å². The lowest BCUT2D eigenvalue weighted by molar-refractivity contribution is -0.384. The number of Topliss-reactive ketones (excluding diaryl/α,β-unsaturated/α-hetero) is 1. The number of fused-ring (bicyclic) bond motifs is 1. The highest BCUT2D eigenvalue weighted by Crippen LogP contribution is 2.40. The van der Waals surface area contributed by atoms with Gasteiger partial charge in [0.05, 0.1) is 23.2 Å². The van der Waals surface area contributed by atoms with E-state index in [0.717, 1.165) is 50.7 Å². The number of nitrogens with one attached hydrogen (secondary N) is 1. The number of hydrogen-bond donors (Lipinski definition) is 1. The molecular weight excluding hydrogens is 434 g/mol. The summed E-state index contributed by atoms with van der Waals surface area (Å²) in [6.45, 7) is 2.42. The maximum atomic E-state index is 12.8. The zero-order valence-corrected chi connectivity index (χ0v) is 18.6. The lowest BCUT2D eigenvalue weighted by Crippen LogP contribution is -2.51. The number of ether oxygens (including phenoxy) is 1. The Labute approximate surface area is 186 Å². The molecule has 2 aromatic rings. The number of nitro benzene ring substituents is 1. The minimum Gasteiger partial charge on any atom is -0.486 e. The number of rotatable bonds is 6. The molecule has 1 saturated heterocycles. The van der Waals surface area contributed by atoms with Gasteiger partial charge in [0.2, 0.25) is 10.0 Å². The molecule has 9 nitrogen and oxygen atoms in total. The Morgan fingerprint density at radius 1 is 1.16 bits per heavy atom. The molecule has 0 atom stereocenters. The van der Waals surface area contributed by atoms with Gasteiger partial charge in [-0.25, -0.2) is 8.42 Å². The van der Waals surface area contributed by atoms with Crippen molar-refractivity contribution < 1.29 is 22.9 Å². The predicted molar refractivity (Wildman–Crippen MR) is 120 cm³/mol. The van der Waals surface area contributed by atoms with Crippen molar-refractivity contribution in [2.75, 3.05) is 30.6 Å². The van der Waals surface area contributed by atoms with Crippen LogP contribution in [0.5, 0.6) is 5.75 Å². The average molecular weight is 460 g/mol. The number of carbonyl (C=O) groups excluding carboxylic acids is 1. The number of piperidine rings is 1. The lowest BCUT2D eigenvalue weighted by atomic mass is 9.82. The molecule has 0 unspecified atom stereocenters. The molecule has 0 aromatic heterocycles. The molecular formula is C22H25N3O6S. The summed E-state index contributed by atoms with van der Waals surface area (Å²) in [6.07, 6.45) is 3.58. The molecule has 0 aliphatic carbocycles. The van der Waals surface area contributed by atoms with Gasteiger partial charge in [-0.3, -0.25) is 19.6 Å². The summed E-state index contributed by atoms with van der Waals surface area (Å²) in [5, 5.41) is 10.8. The molecule has 1 N–H and O–H groups in total. The molecule has 2 aliphatic heterocycles. The summed E-state index contributed by atoms with van der Waals surface area (Å²) >= 11 is 0. The summed E-state index contributed by atoms with van der Waals surface area (Å²) in [5.74, 6) is 0.461. The third-order valence-corrected chi connectivity index (χ3v) is 6.63. The van der Waals surface area contributed by atoms with Crippen LogP contribution in [0, 0.1) is 10.1 Å². The summed E-state index contributed by atoms with van der Waals surface area (Å²) < 4.78 is 31.6. The van der Waals surface area contributed by atoms with E-state index in [1.165, 1.54) is 18.2 Å². The van der Waals surface area contributed by atoms with Crippen molar-refractivity contribution in [3.63, 3.8) is 0 Å². The third kappa shape index (κ3) is 5.08. The normalized spacial score (nSPS) is 18.1. The second-order valence-electron chi connectivity index (χ2n) is 8.49. The van der Waals surface area contributed by atoms with Gasteiger partial charge in [-0.05, 0) is 30.2 Å². The Morgan fingerprint density at radius 2 is 1.84 bits per heavy atom. The van der Waals surface area contributed by atoms with Crippen LogP contribution < -0.4 is 9.46 Å². The molecule has 0 saturated carbocycles. The van der Waals surface area contributed by atoms with Crippen LogP contribution in [-0.4, -0.2) is 55.5 Å². The number of sulfonamides is 1. The van der Waals surface area contributed by atoms with Crippen LogP contribution in [0.1, 0.15) is 35.2 Å². The first kappa shape index (κ1) is 22.2. The Hall–Kier alpha value is -2.98. The molecule has 2 heterocycles. The van der Waals surface area contributed by atoms with Gasteiger partial charge in [0.1, 0.15) is 11.4 Å². The Kier molecular flexibility index (Phi) is 5.91. The van der Waals surface area contributed by atoms with Crippen molar-refractivity contribution in [1.82, 2.24) is 4.90 Å². The Bertz CT molecular complexity index is 1140. The van der Waals surface area contributed by atoms with Crippen molar-refractivity contribution in [2.45, 2.75) is 31.3 Å². The summed E-state index contributed by atoms with van der Waals surface area (Å²) in [4.78, 5) is 25.5. The van der Waals surface area contributed by atoms with E-state index in [1.807, 2.05) is 0 Å². The van der Waals surface area contributed by atoms with E-state index < -0.39 is 20.5 Å². The van der Waals surface area contributed by atoms with Gasteiger partial charge in [0, 0.05) is 50.3 Å². The molecule has 10 heteroatoms. The van der Waals surface area contributed by atoms with Crippen molar-refractivity contribution in [2.24, 2.45) is 0 Å². The zero-order chi connectivity index (χ0) is 22.9. The quantitative estimate of drug-likeness (QED) is 0.521. The Morgan fingerprint density at radius 3 is 2.47 bits per heavy atom. The van der Waals surface area contributed by atoms with E-state index in [1.54, 1.807) is 24.3 Å². The van der Waals surface area contributed by atoms with Crippen LogP contribution in [0.15, 0.2) is 42.5 Å². The molecule has 1 fully saturated rings. The van der Waals surface area contributed by atoms with Crippen LogP contribution in [0.3, 0.4) is 0 Å². The van der Waals surface area contributed by atoms with Gasteiger partial charge in [0.15, 0.2) is 5.78 Å². The van der Waals surface area contributed by atoms with Crippen molar-refractivity contribution in [1.29, 1.82) is 0 Å². The van der Waals surface area contributed by atoms with Crippen LogP contribution in [-0.2, 0) is 16.4 Å². The van der Waals surface area contributed by atoms with Crippen LogP contribution in [0.2, 0.25) is 0 Å². The first-order chi connectivity index (χ1) is 15.1. The summed E-state index contributed by atoms with van der Waals surface area (Å²) in [7, 11) is -3.42. The van der Waals surface area contributed by atoms with Crippen molar-refractivity contribution >= 4 is 27.2 Å². The van der Waals surface area contributed by atoms with E-state index in [2.05, 4.69) is 9.62 Å². The molecule has 170 valence electrons. The minimum atomic E-state index is -3.42. The maximum Gasteiger partial charge on any atom is 0.269 e. The highest BCUT2D eigenvalue weighted by Gasteiger charge is 2.42. The van der Waals surface area contributed by atoms with Gasteiger partial charge < -0.3 is 9.64 Å². The number of non-ortho nitro benzene ring substituents is 1. The summed E-state index contributed by atoms with van der Waals surface area (Å²) in [5.41, 5.74) is 1.37. The molecule has 32 heavy (non-hydrogen) atoms. The second kappa shape index (κ2) is 8.51. The van der Waals surface area contributed by atoms with Crippen molar-refractivity contribution in [3.8, 4) is 5.75 Å². The monoisotopic (exact) mass is 459 g/mol. The van der Waals surface area contributed by atoms with Crippen LogP contribution in [0.4, 0.5) is 11.4 Å². The van der Waals surface area contributed by atoms with E-state index in [9.17, 15) is 23.3 Å². The van der Waals surface area contributed by atoms with E-state index in [-0.39, 0.29) is 17.9 Å². The molecule has 1 spiro atoms. The largest absolute Gasteiger partial charge is 0.486 e. The lowest BCUT2D eigenvalue weighted by Gasteiger charge is -2.44. The fourth-order valence-electron chi connectivity index (χ4n) is 4.31. The molecule has 0 amide bonds. The SMILES string of the molecule is CS(=O)(=O)Nc1ccc2c(c1)C(=O)CC1(CCN(CCc3ccc([N+](=O)[O-])cc3)CC1)O2. The highest BCUT2D eigenvalue weighted by atomic mass is 32.2. The molecule has 2 aliphatic rings. The number of nitro groups is 1. The molecule has 0 bridgehead atoms. The number of benzene rings is 2. The van der Waals surface area contributed by atoms with Crippen molar-refractivity contribution in [3.05, 3.63) is 63.7 Å². The minimum absolute atomic E-state index is 0.0391. The number of likely N-dealkylation sites (tertiary alicyclic amines) is 1. The standard InChI is InChI=1S/C22H25N3O6S/c1-32(29,30)23-17-4-7-21-19(14-17)20(26)15-22(31-21)9-12-24(13-10-22)11-8-16-2-5-18(6-3-16)25(27)28/h2-7,14,23H,8-13,15H2,1H3. The summed E-state index contributed by atoms with van der Waals surface area (Å²) in [6, 6.07) is 11.4. The average Bonchev–Trinajstić information content (AvgIpc) is 2.73. The zero-order valence-electron chi connectivity index (χ0n) is 17.7. The van der Waals surface area contributed by atoms with E-state index >= 15 is 0 Å². The maximum absolute atomic E-state index is 12.8. The van der Waals surface area contributed by atoms with E-state index in [4.69, 9.17) is 4.74 Å². The fourth-order valence-corrected chi connectivity index (χ4v) is 4.86. The number of hydrogen-bond acceptors (Lipinski definition) is 7. The first-order valence-corrected chi connectivity index (χ1v) is 12.3. The highest BCUT2D eigenvalue weighted by molar-refractivity contribution is 7.92.